The molecule has 0 amide bonds. The average molecular weight is 451 g/mol. The van der Waals surface area contributed by atoms with E-state index in [9.17, 15) is 30.0 Å². The van der Waals surface area contributed by atoms with Crippen molar-refractivity contribution in [1.82, 2.24) is 0 Å². The molecule has 0 bridgehead atoms. The topological polar surface area (TPSA) is 137 Å². The predicted octanol–water partition coefficient (Wildman–Crippen LogP) is 2.72. The lowest BCUT2D eigenvalue weighted by Gasteiger charge is -2.39. The largest absolute Gasteiger partial charge is 0.507 e. The number of ether oxygens (including phenoxy) is 2. The van der Waals surface area contributed by atoms with Crippen molar-refractivity contribution in [3.05, 3.63) is 22.8 Å². The number of epoxide rings is 1. The van der Waals surface area contributed by atoms with Crippen LogP contribution in [-0.2, 0) is 15.9 Å². The second-order valence-corrected chi connectivity index (χ2v) is 9.32. The molecule has 1 aromatic carbocycles. The fraction of sp³-hybridized carbons (Fsp3) is 0.667. The van der Waals surface area contributed by atoms with Gasteiger partial charge in [-0.15, -0.1) is 0 Å². The molecule has 4 N–H and O–H groups in total. The summed E-state index contributed by atoms with van der Waals surface area (Å²) in [6, 6.07) is 1.43. The number of hydrogen-bond acceptors (Lipinski definition) is 8. The summed E-state index contributed by atoms with van der Waals surface area (Å²) in [5, 5.41) is 42.3. The molecule has 0 saturated carbocycles. The van der Waals surface area contributed by atoms with Gasteiger partial charge < -0.3 is 29.9 Å². The van der Waals surface area contributed by atoms with Gasteiger partial charge in [-0.25, -0.2) is 0 Å². The van der Waals surface area contributed by atoms with Crippen LogP contribution < -0.4 is 0 Å². The maximum Gasteiger partial charge on any atom is 0.189 e. The third kappa shape index (κ3) is 4.17. The Bertz CT molecular complexity index is 852. The van der Waals surface area contributed by atoms with Crippen molar-refractivity contribution in [1.29, 1.82) is 0 Å². The first kappa shape index (κ1) is 24.6. The van der Waals surface area contributed by atoms with Gasteiger partial charge in [-0.05, 0) is 36.8 Å². The third-order valence-electron chi connectivity index (χ3n) is 6.61. The fourth-order valence-electron chi connectivity index (χ4n) is 4.91. The summed E-state index contributed by atoms with van der Waals surface area (Å²) >= 11 is 0. The van der Waals surface area contributed by atoms with Crippen LogP contribution in [0.1, 0.15) is 79.7 Å². The number of rotatable bonds is 9. The number of aldehydes is 1. The van der Waals surface area contributed by atoms with E-state index >= 15 is 0 Å². The van der Waals surface area contributed by atoms with E-state index in [0.29, 0.717) is 37.5 Å². The summed E-state index contributed by atoms with van der Waals surface area (Å²) in [5.41, 5.74) is -1.14. The van der Waals surface area contributed by atoms with Crippen molar-refractivity contribution in [2.45, 2.75) is 90.0 Å². The number of hydrogen-bond donors (Lipinski definition) is 4. The molecule has 4 unspecified atom stereocenters. The van der Waals surface area contributed by atoms with Crippen LogP contribution in [0.3, 0.4) is 0 Å². The van der Waals surface area contributed by atoms with Gasteiger partial charge in [-0.3, -0.25) is 9.59 Å². The van der Waals surface area contributed by atoms with Gasteiger partial charge in [-0.2, -0.15) is 0 Å². The van der Waals surface area contributed by atoms with Crippen LogP contribution in [-0.4, -0.2) is 62.7 Å². The maximum atomic E-state index is 13.6. The molecule has 2 fully saturated rings. The molecule has 6 atom stereocenters. The van der Waals surface area contributed by atoms with Crippen molar-refractivity contribution in [2.75, 3.05) is 0 Å². The Morgan fingerprint density at radius 1 is 1.25 bits per heavy atom. The first-order valence-electron chi connectivity index (χ1n) is 11.4. The van der Waals surface area contributed by atoms with Gasteiger partial charge in [0.2, 0.25) is 0 Å². The van der Waals surface area contributed by atoms with E-state index in [-0.39, 0.29) is 35.3 Å². The SMILES string of the molecule is CCCC(C(=O)c1cc(CC(C)C)c(O)c(C=O)c1O)[C@H]1CC(O)C2(OC2CC)[C@H](O)O1. The summed E-state index contributed by atoms with van der Waals surface area (Å²) in [6.45, 7) is 7.66. The highest BCUT2D eigenvalue weighted by Crippen LogP contribution is 2.50. The van der Waals surface area contributed by atoms with Crippen molar-refractivity contribution >= 4 is 12.1 Å². The number of benzene rings is 1. The van der Waals surface area contributed by atoms with Crippen molar-refractivity contribution in [2.24, 2.45) is 11.8 Å². The quantitative estimate of drug-likeness (QED) is 0.256. The van der Waals surface area contributed by atoms with Gasteiger partial charge in [0.15, 0.2) is 24.0 Å². The van der Waals surface area contributed by atoms with Crippen LogP contribution in [0.4, 0.5) is 0 Å². The van der Waals surface area contributed by atoms with Gasteiger partial charge in [0.05, 0.1) is 29.4 Å². The zero-order valence-electron chi connectivity index (χ0n) is 19.1. The molecular weight excluding hydrogens is 416 g/mol. The van der Waals surface area contributed by atoms with Gasteiger partial charge >= 0.3 is 0 Å². The minimum atomic E-state index is -1.37. The number of aliphatic hydroxyl groups excluding tert-OH is 2. The zero-order chi connectivity index (χ0) is 23.8. The Balaban J connectivity index is 1.94. The molecule has 178 valence electrons. The molecule has 1 aromatic rings. The number of aliphatic hydroxyl groups is 2. The van der Waals surface area contributed by atoms with Crippen LogP contribution in [0.25, 0.3) is 0 Å². The zero-order valence-corrected chi connectivity index (χ0v) is 19.1. The first-order chi connectivity index (χ1) is 15.1. The minimum absolute atomic E-state index is 0.0685. The second kappa shape index (κ2) is 9.47. The Morgan fingerprint density at radius 2 is 1.94 bits per heavy atom. The van der Waals surface area contributed by atoms with Gasteiger partial charge in [0.1, 0.15) is 11.5 Å². The highest BCUT2D eigenvalue weighted by Gasteiger charge is 2.68. The van der Waals surface area contributed by atoms with E-state index in [2.05, 4.69) is 0 Å². The molecule has 0 radical (unpaired) electrons. The molecule has 2 saturated heterocycles. The van der Waals surface area contributed by atoms with Crippen LogP contribution >= 0.6 is 0 Å². The molecule has 8 nitrogen and oxygen atoms in total. The van der Waals surface area contributed by atoms with Crippen molar-refractivity contribution < 1.29 is 39.5 Å². The van der Waals surface area contributed by atoms with Gasteiger partial charge in [0.25, 0.3) is 0 Å². The van der Waals surface area contributed by atoms with Gasteiger partial charge in [-0.1, -0.05) is 34.1 Å². The third-order valence-corrected chi connectivity index (χ3v) is 6.61. The average Bonchev–Trinajstić information content (AvgIpc) is 3.48. The van der Waals surface area contributed by atoms with E-state index < -0.39 is 41.5 Å². The molecule has 2 heterocycles. The normalized spacial score (nSPS) is 30.5. The summed E-state index contributed by atoms with van der Waals surface area (Å²) in [4.78, 5) is 25.1. The standard InChI is InChI=1S/C24H34O8/c1-5-7-14(17-10-18(26)24(23(30)31-17)19(6-2)32-24)21(28)15-9-13(8-12(3)4)20(27)16(11-25)22(15)29/h9,11-12,14,17-19,23,26-27,29-30H,5-8,10H2,1-4H3/t14?,17-,18?,19?,23-,24?/m1/s1. The van der Waals surface area contributed by atoms with Crippen LogP contribution in [0.5, 0.6) is 11.5 Å². The highest BCUT2D eigenvalue weighted by molar-refractivity contribution is 6.04. The summed E-state index contributed by atoms with van der Waals surface area (Å²) < 4.78 is 11.3. The lowest BCUT2D eigenvalue weighted by molar-refractivity contribution is -0.239. The molecule has 3 rings (SSSR count). The minimum Gasteiger partial charge on any atom is -0.507 e. The molecule has 2 aliphatic heterocycles. The number of phenolic OH excluding ortho intramolecular Hbond substituents is 2. The Hall–Kier alpha value is -2.00. The van der Waals surface area contributed by atoms with Crippen molar-refractivity contribution in [3.8, 4) is 11.5 Å². The number of ketones is 1. The van der Waals surface area contributed by atoms with Crippen LogP contribution in [0.2, 0.25) is 0 Å². The van der Waals surface area contributed by atoms with Crippen molar-refractivity contribution in [3.63, 3.8) is 0 Å². The number of aromatic hydroxyl groups is 2. The first-order valence-corrected chi connectivity index (χ1v) is 11.4. The lowest BCUT2D eigenvalue weighted by atomic mass is 9.80. The maximum absolute atomic E-state index is 13.6. The summed E-state index contributed by atoms with van der Waals surface area (Å²) in [5.74, 6) is -1.97. The van der Waals surface area contributed by atoms with Crippen LogP contribution in [0, 0.1) is 11.8 Å². The summed E-state index contributed by atoms with van der Waals surface area (Å²) in [6.07, 6.45) is -0.969. The van der Waals surface area contributed by atoms with Gasteiger partial charge in [0, 0.05) is 12.3 Å². The van der Waals surface area contributed by atoms with E-state index in [1.165, 1.54) is 6.07 Å². The Morgan fingerprint density at radius 3 is 2.44 bits per heavy atom. The smallest absolute Gasteiger partial charge is 0.189 e. The molecule has 1 spiro atoms. The predicted molar refractivity (Wildman–Crippen MR) is 116 cm³/mol. The van der Waals surface area contributed by atoms with E-state index in [0.717, 1.165) is 0 Å². The number of phenols is 2. The van der Waals surface area contributed by atoms with E-state index in [4.69, 9.17) is 9.47 Å². The molecule has 2 aliphatic rings. The molecule has 8 heteroatoms. The number of Topliss-reactive ketones (excluding diaryl/α,β-unsaturated/α-hetero) is 1. The van der Waals surface area contributed by atoms with Crippen LogP contribution in [0.15, 0.2) is 6.07 Å². The number of carbonyl (C=O) groups excluding carboxylic acids is 2. The molecule has 0 aromatic heterocycles. The Kier molecular flexibility index (Phi) is 7.29. The van der Waals surface area contributed by atoms with E-state index in [1.54, 1.807) is 0 Å². The lowest BCUT2D eigenvalue weighted by Crippen LogP contribution is -2.55. The highest BCUT2D eigenvalue weighted by atomic mass is 16.7. The fourth-order valence-corrected chi connectivity index (χ4v) is 4.91. The monoisotopic (exact) mass is 450 g/mol. The molecule has 32 heavy (non-hydrogen) atoms. The number of carbonyl (C=O) groups is 2. The Labute approximate surface area is 188 Å². The second-order valence-electron chi connectivity index (χ2n) is 9.32. The molecular formula is C24H34O8. The van der Waals surface area contributed by atoms with E-state index in [1.807, 2.05) is 27.7 Å². The summed E-state index contributed by atoms with van der Waals surface area (Å²) in [7, 11) is 0. The molecule has 0 aliphatic carbocycles.